The number of benzene rings is 3. The van der Waals surface area contributed by atoms with Crippen LogP contribution in [0, 0.1) is 11.3 Å². The minimum absolute atomic E-state index is 0.338. The predicted octanol–water partition coefficient (Wildman–Crippen LogP) is 7.84. The second-order valence-electron chi connectivity index (χ2n) is 7.64. The van der Waals surface area contributed by atoms with E-state index in [1.807, 2.05) is 60.8 Å². The Balaban J connectivity index is 1.57. The summed E-state index contributed by atoms with van der Waals surface area (Å²) in [4.78, 5) is 9.78. The molecule has 0 saturated heterocycles. The number of ether oxygens (including phenoxy) is 1. The van der Waals surface area contributed by atoms with Gasteiger partial charge in [-0.15, -0.1) is 11.3 Å². The monoisotopic (exact) mass is 501 g/mol. The molecule has 0 bridgehead atoms. The zero-order chi connectivity index (χ0) is 23.5. The van der Waals surface area contributed by atoms with Crippen LogP contribution in [0.3, 0.4) is 0 Å². The third-order valence-electron chi connectivity index (χ3n) is 5.50. The lowest BCUT2D eigenvalue weighted by Gasteiger charge is -2.19. The number of para-hydroxylation sites is 1. The molecule has 166 valence electrons. The number of pyridine rings is 1. The molecule has 3 aromatic carbocycles. The first kappa shape index (κ1) is 22.5. The highest BCUT2D eigenvalue weighted by atomic mass is 35.5. The molecule has 4 nitrogen and oxygen atoms in total. The molecule has 0 aliphatic heterocycles. The summed E-state index contributed by atoms with van der Waals surface area (Å²) in [6.07, 6.45) is 3.21. The van der Waals surface area contributed by atoms with Crippen molar-refractivity contribution >= 4 is 45.4 Å². The van der Waals surface area contributed by atoms with Crippen molar-refractivity contribution in [2.75, 3.05) is 0 Å². The van der Waals surface area contributed by atoms with Crippen molar-refractivity contribution in [3.8, 4) is 17.2 Å². The van der Waals surface area contributed by atoms with E-state index in [4.69, 9.17) is 27.9 Å². The SMILES string of the molecule is N#Cc1ccc(C(OCc2ccc(Cl)c(Cl)c2)c2cncs2)cc1-c1cccc2cccnc12. The number of nitriles is 1. The molecule has 0 aliphatic carbocycles. The number of thiazole rings is 1. The summed E-state index contributed by atoms with van der Waals surface area (Å²) in [5.41, 5.74) is 6.77. The van der Waals surface area contributed by atoms with Gasteiger partial charge in [0.15, 0.2) is 0 Å². The molecular weight excluding hydrogens is 485 g/mol. The second-order valence-corrected chi connectivity index (χ2v) is 9.37. The van der Waals surface area contributed by atoms with Crippen LogP contribution in [0.4, 0.5) is 0 Å². The third-order valence-corrected chi connectivity index (χ3v) is 7.06. The molecule has 0 N–H and O–H groups in total. The van der Waals surface area contributed by atoms with E-state index in [9.17, 15) is 5.26 Å². The Kier molecular flexibility index (Phi) is 6.57. The molecule has 0 aliphatic rings. The Morgan fingerprint density at radius 2 is 1.85 bits per heavy atom. The van der Waals surface area contributed by atoms with Gasteiger partial charge in [0.2, 0.25) is 0 Å². The van der Waals surface area contributed by atoms with Crippen LogP contribution < -0.4 is 0 Å². The molecule has 0 fully saturated rings. The maximum Gasteiger partial charge on any atom is 0.119 e. The van der Waals surface area contributed by atoms with Crippen molar-refractivity contribution < 1.29 is 4.74 Å². The van der Waals surface area contributed by atoms with Crippen molar-refractivity contribution in [2.24, 2.45) is 0 Å². The van der Waals surface area contributed by atoms with Crippen LogP contribution in [0.1, 0.15) is 27.7 Å². The van der Waals surface area contributed by atoms with E-state index in [2.05, 4.69) is 16.0 Å². The third kappa shape index (κ3) is 4.54. The Morgan fingerprint density at radius 3 is 2.65 bits per heavy atom. The van der Waals surface area contributed by atoms with E-state index in [1.165, 1.54) is 11.3 Å². The van der Waals surface area contributed by atoms with Crippen LogP contribution in [0.2, 0.25) is 10.0 Å². The fraction of sp³-hybridized carbons (Fsp3) is 0.0741. The smallest absolute Gasteiger partial charge is 0.119 e. The lowest BCUT2D eigenvalue weighted by atomic mass is 9.94. The summed E-state index contributed by atoms with van der Waals surface area (Å²) in [6.45, 7) is 0.338. The zero-order valence-corrected chi connectivity index (χ0v) is 20.1. The minimum Gasteiger partial charge on any atom is -0.363 e. The molecule has 2 heterocycles. The Labute approximate surface area is 211 Å². The number of aromatic nitrogens is 2. The summed E-state index contributed by atoms with van der Waals surface area (Å²) in [6, 6.07) is 23.5. The number of halogens is 2. The first-order chi connectivity index (χ1) is 16.6. The molecule has 1 atom stereocenters. The first-order valence-corrected chi connectivity index (χ1v) is 12.1. The quantitative estimate of drug-likeness (QED) is 0.237. The standard InChI is InChI=1S/C27H17Cl2N3OS/c28-23-9-6-17(11-24(23)29)15-33-27(25-14-31-16-34-25)19-7-8-20(13-30)22(12-19)21-5-1-3-18-4-2-10-32-26(18)21/h1-12,14,16,27H,15H2. The molecule has 0 radical (unpaired) electrons. The molecule has 5 rings (SSSR count). The summed E-state index contributed by atoms with van der Waals surface area (Å²) >= 11 is 13.8. The maximum absolute atomic E-state index is 9.83. The van der Waals surface area contributed by atoms with Crippen molar-refractivity contribution in [1.29, 1.82) is 5.26 Å². The normalized spacial score (nSPS) is 11.9. The number of nitrogens with zero attached hydrogens (tertiary/aromatic N) is 3. The van der Waals surface area contributed by atoms with E-state index in [1.54, 1.807) is 23.8 Å². The van der Waals surface area contributed by atoms with Gasteiger partial charge in [0, 0.05) is 28.9 Å². The summed E-state index contributed by atoms with van der Waals surface area (Å²) in [7, 11) is 0. The van der Waals surface area contributed by atoms with Gasteiger partial charge in [-0.1, -0.05) is 59.6 Å². The highest BCUT2D eigenvalue weighted by molar-refractivity contribution is 7.09. The van der Waals surface area contributed by atoms with Gasteiger partial charge in [-0.25, -0.2) is 0 Å². The average Bonchev–Trinajstić information content (AvgIpc) is 3.40. The molecule has 1 unspecified atom stereocenters. The van der Waals surface area contributed by atoms with Crippen LogP contribution in [0.15, 0.2) is 84.6 Å². The van der Waals surface area contributed by atoms with E-state index in [-0.39, 0.29) is 6.10 Å². The van der Waals surface area contributed by atoms with E-state index in [0.29, 0.717) is 22.2 Å². The van der Waals surface area contributed by atoms with Crippen LogP contribution >= 0.6 is 34.5 Å². The number of hydrogen-bond acceptors (Lipinski definition) is 5. The van der Waals surface area contributed by atoms with Crippen LogP contribution in [-0.4, -0.2) is 9.97 Å². The maximum atomic E-state index is 9.83. The Morgan fingerprint density at radius 1 is 0.971 bits per heavy atom. The molecular formula is C27H17Cl2N3OS. The molecule has 0 amide bonds. The van der Waals surface area contributed by atoms with Crippen molar-refractivity contribution in [2.45, 2.75) is 12.7 Å². The van der Waals surface area contributed by atoms with Crippen molar-refractivity contribution in [3.63, 3.8) is 0 Å². The van der Waals surface area contributed by atoms with E-state index < -0.39 is 0 Å². The predicted molar refractivity (Wildman–Crippen MR) is 137 cm³/mol. The largest absolute Gasteiger partial charge is 0.363 e. The first-order valence-electron chi connectivity index (χ1n) is 10.5. The fourth-order valence-corrected chi connectivity index (χ4v) is 4.89. The highest BCUT2D eigenvalue weighted by Gasteiger charge is 2.20. The van der Waals surface area contributed by atoms with Gasteiger partial charge < -0.3 is 4.74 Å². The van der Waals surface area contributed by atoms with E-state index in [0.717, 1.165) is 38.0 Å². The summed E-state index contributed by atoms with van der Waals surface area (Å²) in [5, 5.41) is 11.8. The van der Waals surface area contributed by atoms with Gasteiger partial charge in [-0.3, -0.25) is 9.97 Å². The zero-order valence-electron chi connectivity index (χ0n) is 17.8. The number of rotatable bonds is 6. The second kappa shape index (κ2) is 9.92. The van der Waals surface area contributed by atoms with Gasteiger partial charge in [0.25, 0.3) is 0 Å². The van der Waals surface area contributed by atoms with Gasteiger partial charge >= 0.3 is 0 Å². The summed E-state index contributed by atoms with van der Waals surface area (Å²) < 4.78 is 6.38. The average molecular weight is 502 g/mol. The van der Waals surface area contributed by atoms with Crippen molar-refractivity contribution in [3.05, 3.63) is 116 Å². The lowest BCUT2D eigenvalue weighted by molar-refractivity contribution is 0.0689. The summed E-state index contributed by atoms with van der Waals surface area (Å²) in [5.74, 6) is 0. The lowest BCUT2D eigenvalue weighted by Crippen LogP contribution is -2.06. The van der Waals surface area contributed by atoms with Crippen LogP contribution in [0.5, 0.6) is 0 Å². The molecule has 0 spiro atoms. The minimum atomic E-state index is -0.364. The number of fused-ring (bicyclic) bond motifs is 1. The molecule has 7 heteroatoms. The number of hydrogen-bond donors (Lipinski definition) is 0. The van der Waals surface area contributed by atoms with Crippen LogP contribution in [0.25, 0.3) is 22.0 Å². The van der Waals surface area contributed by atoms with Gasteiger partial charge in [0.05, 0.1) is 44.2 Å². The van der Waals surface area contributed by atoms with Gasteiger partial charge in [-0.2, -0.15) is 5.26 Å². The molecule has 34 heavy (non-hydrogen) atoms. The van der Waals surface area contributed by atoms with Crippen molar-refractivity contribution in [1.82, 2.24) is 9.97 Å². The molecule has 2 aromatic heterocycles. The highest BCUT2D eigenvalue weighted by Crippen LogP contribution is 2.36. The van der Waals surface area contributed by atoms with E-state index >= 15 is 0 Å². The Bertz CT molecular complexity index is 1510. The topological polar surface area (TPSA) is 58.8 Å². The van der Waals surface area contributed by atoms with Gasteiger partial charge in [-0.05, 0) is 41.5 Å². The van der Waals surface area contributed by atoms with Crippen LogP contribution in [-0.2, 0) is 11.3 Å². The fourth-order valence-electron chi connectivity index (χ4n) is 3.87. The van der Waals surface area contributed by atoms with Gasteiger partial charge in [0.1, 0.15) is 6.10 Å². The molecule has 5 aromatic rings. The Hall–Kier alpha value is -3.27. The molecule has 0 saturated carbocycles.